The van der Waals surface area contributed by atoms with E-state index in [1.807, 2.05) is 78.5 Å². The van der Waals surface area contributed by atoms with Crippen molar-refractivity contribution in [1.82, 2.24) is 19.8 Å². The van der Waals surface area contributed by atoms with E-state index in [0.29, 0.717) is 69.6 Å². The first-order chi connectivity index (χ1) is 61.5. The molecule has 2 atom stereocenters. The van der Waals surface area contributed by atoms with Crippen LogP contribution in [0.4, 0.5) is 17.6 Å². The molecule has 0 spiro atoms. The highest BCUT2D eigenvalue weighted by molar-refractivity contribution is 7.92. The summed E-state index contributed by atoms with van der Waals surface area (Å²) in [6.45, 7) is 109. The van der Waals surface area contributed by atoms with E-state index in [2.05, 4.69) is 270 Å². The van der Waals surface area contributed by atoms with Gasteiger partial charge in [0.1, 0.15) is 5.76 Å². The molecule has 798 valence electrons. The molecule has 10 saturated carbocycles. The molecule has 10 aliphatic carbocycles. The Hall–Kier alpha value is -2.46. The molecule has 13 rings (SSSR count). The van der Waals surface area contributed by atoms with Gasteiger partial charge in [0.15, 0.2) is 9.84 Å². The molecule has 1 saturated heterocycles. The number of likely N-dealkylation sites (tertiary alicyclic amines) is 1. The number of sulfone groups is 1. The molecule has 11 fully saturated rings. The Labute approximate surface area is 840 Å². The van der Waals surface area contributed by atoms with Crippen LogP contribution in [-0.4, -0.2) is 70.2 Å². The third-order valence-electron chi connectivity index (χ3n) is 38.8. The highest BCUT2D eigenvalue weighted by Crippen LogP contribution is 2.70. The van der Waals surface area contributed by atoms with Crippen LogP contribution in [0.2, 0.25) is 0 Å². The van der Waals surface area contributed by atoms with E-state index < -0.39 is 32.3 Å². The van der Waals surface area contributed by atoms with Gasteiger partial charge in [-0.2, -0.15) is 10.4 Å². The highest BCUT2D eigenvalue weighted by Gasteiger charge is 2.62. The highest BCUT2D eigenvalue weighted by atomic mass is 32.2. The zero-order chi connectivity index (χ0) is 105. The van der Waals surface area contributed by atoms with Crippen LogP contribution in [0.25, 0.3) is 0 Å². The SMILES string of the molecule is CC(C)C(C)(C)C#N.CC(C)C(C)(C)C(F)(F)C1CC1.CC(C)C(C)(C)C1CC1.CC(C)C(C)(C)Cn1cccn1.CC(C)C(C)(C)N1CCC1.CC(C)C(C)(C)S(C)(=O)=O.CC(C)C(C)C1CC1.CC(C)C(C1CC1)(C1CC1)C1CC1.CC(C)C(C1CC1)C1CC1.CC(C)C(CCC(F)F)(C1CC1)C1CC1.CCC(C)(C)C(C)C.CCC(C)(C)C(C)C.Cc1noc(C)c1C(C)C(C)C. The minimum Gasteiger partial charge on any atom is -0.361 e. The summed E-state index contributed by atoms with van der Waals surface area (Å²) < 4.78 is 80.8. The Morgan fingerprint density at radius 3 is 1.01 bits per heavy atom. The number of halogens is 4. The van der Waals surface area contributed by atoms with Crippen molar-refractivity contribution < 1.29 is 30.5 Å². The molecular weight excluding hydrogens is 1690 g/mol. The maximum absolute atomic E-state index is 13.6. The van der Waals surface area contributed by atoms with Crippen LogP contribution in [0, 0.1) is 216 Å². The molecule has 11 aliphatic rings. The Kier molecular flexibility index (Phi) is 53.9. The van der Waals surface area contributed by atoms with Gasteiger partial charge in [-0.15, -0.1) is 0 Å². The predicted octanol–water partition coefficient (Wildman–Crippen LogP) is 38.5. The lowest BCUT2D eigenvalue weighted by Gasteiger charge is -2.47. The fraction of sp³-hybridized carbons (Fsp3) is 0.943. The maximum atomic E-state index is 13.6. The smallest absolute Gasteiger partial charge is 0.256 e. The zero-order valence-corrected chi connectivity index (χ0v) is 99.8. The summed E-state index contributed by atoms with van der Waals surface area (Å²) in [5, 5.41) is 16.7. The molecule has 135 heavy (non-hydrogen) atoms. The first kappa shape index (κ1) is 131. The second-order valence-electron chi connectivity index (χ2n) is 54.5. The summed E-state index contributed by atoms with van der Waals surface area (Å²) in [7, 11) is -2.90. The topological polar surface area (TPSA) is 105 Å². The van der Waals surface area contributed by atoms with Crippen molar-refractivity contribution in [2.45, 2.75) is 528 Å². The van der Waals surface area contributed by atoms with Gasteiger partial charge in [0.2, 0.25) is 6.43 Å². The van der Waals surface area contributed by atoms with Crippen LogP contribution < -0.4 is 0 Å². The average molecular weight is 1930 g/mol. The molecule has 3 heterocycles. The van der Waals surface area contributed by atoms with Crippen molar-refractivity contribution in [2.24, 2.45) is 191 Å². The van der Waals surface area contributed by atoms with Gasteiger partial charge in [0, 0.05) is 54.1 Å². The fourth-order valence-electron chi connectivity index (χ4n) is 19.1. The maximum Gasteiger partial charge on any atom is 0.256 e. The molecule has 0 aromatic carbocycles. The van der Waals surface area contributed by atoms with Crippen molar-refractivity contribution in [1.29, 1.82) is 5.26 Å². The molecular formula is C122H233F4N5O3S. The Balaban J connectivity index is 0.000000735. The molecule has 13 heteroatoms. The van der Waals surface area contributed by atoms with Gasteiger partial charge < -0.3 is 4.52 Å². The first-order valence-electron chi connectivity index (χ1n) is 56.4. The largest absolute Gasteiger partial charge is 0.361 e. The summed E-state index contributed by atoms with van der Waals surface area (Å²) in [4.78, 5) is 2.57. The number of nitrogens with zero attached hydrogens (tertiary/aromatic N) is 5. The number of hydrogen-bond acceptors (Lipinski definition) is 7. The minimum atomic E-state index is -2.90. The number of alkyl halides is 4. The minimum absolute atomic E-state index is 0.0353. The number of hydrogen-bond donors (Lipinski definition) is 0. The van der Waals surface area contributed by atoms with Crippen LogP contribution in [0.1, 0.15) is 502 Å². The van der Waals surface area contributed by atoms with Crippen molar-refractivity contribution in [3.8, 4) is 6.07 Å². The van der Waals surface area contributed by atoms with E-state index in [0.717, 1.165) is 136 Å². The van der Waals surface area contributed by atoms with Gasteiger partial charge in [-0.25, -0.2) is 26.0 Å². The van der Waals surface area contributed by atoms with E-state index in [9.17, 15) is 26.0 Å². The molecule has 8 nitrogen and oxygen atoms in total. The second kappa shape index (κ2) is 55.7. The van der Waals surface area contributed by atoms with E-state index in [1.54, 1.807) is 91.9 Å². The van der Waals surface area contributed by atoms with Crippen LogP contribution in [0.15, 0.2) is 23.0 Å². The van der Waals surface area contributed by atoms with E-state index in [4.69, 9.17) is 9.78 Å². The molecule has 2 aromatic rings. The lowest BCUT2D eigenvalue weighted by molar-refractivity contribution is -0.143. The lowest BCUT2D eigenvalue weighted by atomic mass is 9.65. The normalized spacial score (nSPS) is 19.1. The number of rotatable bonds is 34. The van der Waals surface area contributed by atoms with E-state index in [-0.39, 0.29) is 35.0 Å². The van der Waals surface area contributed by atoms with Crippen LogP contribution in [0.5, 0.6) is 0 Å². The van der Waals surface area contributed by atoms with Crippen LogP contribution in [-0.2, 0) is 16.4 Å². The molecule has 2 aromatic heterocycles. The summed E-state index contributed by atoms with van der Waals surface area (Å²) in [6, 6.07) is 4.21. The Morgan fingerprint density at radius 2 is 0.844 bits per heavy atom. The van der Waals surface area contributed by atoms with Crippen molar-refractivity contribution in [3.05, 3.63) is 35.5 Å². The molecule has 2 unspecified atom stereocenters. The zero-order valence-electron chi connectivity index (χ0n) is 99.0. The third kappa shape index (κ3) is 42.6. The van der Waals surface area contributed by atoms with Gasteiger partial charge >= 0.3 is 0 Å². The molecule has 0 amide bonds. The van der Waals surface area contributed by atoms with Crippen molar-refractivity contribution in [3.63, 3.8) is 0 Å². The van der Waals surface area contributed by atoms with Gasteiger partial charge in [-0.05, 0) is 396 Å². The number of nitriles is 1. The Morgan fingerprint density at radius 1 is 0.459 bits per heavy atom. The summed E-state index contributed by atoms with van der Waals surface area (Å²) >= 11 is 0. The molecule has 1 aliphatic heterocycles. The monoisotopic (exact) mass is 1920 g/mol. The van der Waals surface area contributed by atoms with Gasteiger partial charge in [0.05, 0.1) is 21.9 Å². The van der Waals surface area contributed by atoms with Crippen molar-refractivity contribution >= 4 is 9.84 Å². The predicted molar refractivity (Wildman–Crippen MR) is 583 cm³/mol. The quantitative estimate of drug-likeness (QED) is 0.0643. The second-order valence-corrected chi connectivity index (χ2v) is 57.1. The van der Waals surface area contributed by atoms with Gasteiger partial charge in [-0.3, -0.25) is 9.58 Å². The Bertz CT molecular complexity index is 3510. The van der Waals surface area contributed by atoms with E-state index >= 15 is 0 Å². The van der Waals surface area contributed by atoms with Gasteiger partial charge in [0.25, 0.3) is 5.92 Å². The lowest BCUT2D eigenvalue weighted by Crippen LogP contribution is -2.54. The summed E-state index contributed by atoms with van der Waals surface area (Å²) in [5.41, 5.74) is 4.87. The number of aryl methyl sites for hydroxylation is 2. The van der Waals surface area contributed by atoms with Gasteiger partial charge in [-0.1, -0.05) is 295 Å². The molecule has 0 N–H and O–H groups in total. The first-order valence-corrected chi connectivity index (χ1v) is 58.3. The average Bonchev–Trinajstić information content (AvgIpc) is 1.55. The third-order valence-corrected chi connectivity index (χ3v) is 41.2. The van der Waals surface area contributed by atoms with Crippen LogP contribution in [0.3, 0.4) is 0 Å². The molecule has 0 bridgehead atoms. The number of aromatic nitrogens is 3. The molecule has 0 radical (unpaired) electrons. The van der Waals surface area contributed by atoms with Crippen molar-refractivity contribution in [2.75, 3.05) is 19.3 Å². The van der Waals surface area contributed by atoms with E-state index in [1.165, 1.54) is 95.5 Å². The fourth-order valence-corrected chi connectivity index (χ4v) is 20.0. The standard InChI is InChI=1S/C13H22F2.C13H22.C10H18F2.C10H18N2.C10H17NO.C10H18.C9H19N.C9H18.C8H16.2C8H18.C7H13N.C7H16O2S/c1-9(2)13(10-3-4-10,11-5-6-11)8-7-12(14)15;1-9(2)13(10-3-4-10,11-5-6-11)12-7-8-12;1-7(2)9(3,4)10(11,12)8-5-6-8;1-9(2)10(3,4)8-12-7-5-6-11-12;1-6(2)7(3)10-8(4)11-12-9(10)5;1-7(2)10(8-3-4-8)9-5-6-9;1-8(2)9(3,4)10-6-5-7-10;1-7(2)9(3,4)8-5-6-8;1-6(2)7(3)8-4-5-8;2*1-6-8(4,5)7(2)3;1-6(2)7(3,4)5-8;1-6(2)7(3,4)10(5,8)9/h9-12H,3-8H2,1-2H3;9-12H,3-8H2,1-2H3;7-8H,5-6H2,1-4H3;5-7,9H,8H2,1-4H3;6-7H,1-5H3;7-10H,3-6H2,1-2H3;8H,5-7H2,1-4H3;7-8H,5-6H2,1-4H3;6-8H,4-5H2,1-3H3;2*7H,6H2,1-5H3;6H,1-4H3;6H,1-5H3. The summed E-state index contributed by atoms with van der Waals surface area (Å²) in [6.07, 6.45) is 35.9. The van der Waals surface area contributed by atoms with Crippen LogP contribution >= 0.6 is 0 Å². The summed E-state index contributed by atoms with van der Waals surface area (Å²) in [5.74, 6) is 18.8.